The van der Waals surface area contributed by atoms with Gasteiger partial charge in [0.1, 0.15) is 0 Å². The molecule has 3 heteroatoms. The van der Waals surface area contributed by atoms with Crippen molar-refractivity contribution in [3.8, 4) is 0 Å². The van der Waals surface area contributed by atoms with Crippen molar-refractivity contribution in [2.45, 2.75) is 37.4 Å². The van der Waals surface area contributed by atoms with E-state index in [4.69, 9.17) is 4.74 Å². The summed E-state index contributed by atoms with van der Waals surface area (Å²) in [5.74, 6) is 0. The third kappa shape index (κ3) is 2.91. The molecule has 1 unspecified atom stereocenters. The van der Waals surface area contributed by atoms with Gasteiger partial charge in [0.05, 0.1) is 18.3 Å². The van der Waals surface area contributed by atoms with Gasteiger partial charge in [0, 0.05) is 13.1 Å². The maximum Gasteiger partial charge on any atom is 0.0949 e. The molecule has 1 aliphatic carbocycles. The van der Waals surface area contributed by atoms with Gasteiger partial charge in [-0.1, -0.05) is 24.3 Å². The maximum absolute atomic E-state index is 9.82. The van der Waals surface area contributed by atoms with Crippen molar-refractivity contribution in [1.29, 1.82) is 0 Å². The lowest BCUT2D eigenvalue weighted by Gasteiger charge is -2.24. The smallest absolute Gasteiger partial charge is 0.0949 e. The third-order valence-electron chi connectivity index (χ3n) is 3.99. The molecule has 2 aliphatic rings. The van der Waals surface area contributed by atoms with Crippen molar-refractivity contribution in [3.05, 3.63) is 35.4 Å². The van der Waals surface area contributed by atoms with E-state index in [9.17, 15) is 5.11 Å². The van der Waals surface area contributed by atoms with Crippen LogP contribution in [0.25, 0.3) is 0 Å². The zero-order valence-electron chi connectivity index (χ0n) is 10.7. The van der Waals surface area contributed by atoms with Crippen LogP contribution in [0.3, 0.4) is 0 Å². The molecule has 0 spiro atoms. The van der Waals surface area contributed by atoms with Gasteiger partial charge in [0.15, 0.2) is 0 Å². The summed E-state index contributed by atoms with van der Waals surface area (Å²) in [7, 11) is 0. The van der Waals surface area contributed by atoms with Crippen LogP contribution in [-0.2, 0) is 11.2 Å². The number of benzene rings is 1. The van der Waals surface area contributed by atoms with Gasteiger partial charge in [-0.15, -0.1) is 0 Å². The van der Waals surface area contributed by atoms with Crippen molar-refractivity contribution in [3.63, 3.8) is 0 Å². The van der Waals surface area contributed by atoms with Crippen LogP contribution in [0.2, 0.25) is 0 Å². The summed E-state index contributed by atoms with van der Waals surface area (Å²) in [6.45, 7) is 2.64. The van der Waals surface area contributed by atoms with Gasteiger partial charge in [0.25, 0.3) is 0 Å². The number of hydrogen-bond donors (Lipinski definition) is 2. The van der Waals surface area contributed by atoms with E-state index in [-0.39, 0.29) is 11.7 Å². The average molecular weight is 247 g/mol. The van der Waals surface area contributed by atoms with E-state index in [0.717, 1.165) is 45.4 Å². The topological polar surface area (TPSA) is 41.5 Å². The second-order valence-corrected chi connectivity index (χ2v) is 5.53. The van der Waals surface area contributed by atoms with Crippen molar-refractivity contribution in [2.75, 3.05) is 19.7 Å². The molecule has 2 fully saturated rings. The molecule has 1 aromatic carbocycles. The predicted octanol–water partition coefficient (Wildman–Crippen LogP) is 1.80. The number of nitrogens with one attached hydrogen (secondary N) is 1. The van der Waals surface area contributed by atoms with Gasteiger partial charge in [-0.3, -0.25) is 0 Å². The Morgan fingerprint density at radius 3 is 2.67 bits per heavy atom. The minimum Gasteiger partial charge on any atom is -0.390 e. The zero-order valence-corrected chi connectivity index (χ0v) is 10.7. The van der Waals surface area contributed by atoms with Crippen molar-refractivity contribution < 1.29 is 9.84 Å². The summed E-state index contributed by atoms with van der Waals surface area (Å²) in [5, 5.41) is 13.2. The monoisotopic (exact) mass is 247 g/mol. The Balaban J connectivity index is 1.57. The summed E-state index contributed by atoms with van der Waals surface area (Å²) in [5.41, 5.74) is 2.22. The molecule has 0 aromatic heterocycles. The molecule has 1 atom stereocenters. The van der Waals surface area contributed by atoms with E-state index >= 15 is 0 Å². The van der Waals surface area contributed by atoms with Crippen LogP contribution in [0.4, 0.5) is 0 Å². The quantitative estimate of drug-likeness (QED) is 0.852. The van der Waals surface area contributed by atoms with Crippen molar-refractivity contribution >= 4 is 0 Å². The summed E-state index contributed by atoms with van der Waals surface area (Å²) in [6, 6.07) is 8.64. The van der Waals surface area contributed by atoms with Gasteiger partial charge in [-0.05, 0) is 36.8 Å². The first-order valence-electron chi connectivity index (χ1n) is 6.89. The average Bonchev–Trinajstić information content (AvgIpc) is 3.17. The lowest BCUT2D eigenvalue weighted by Crippen LogP contribution is -2.33. The maximum atomic E-state index is 9.82. The molecule has 1 saturated carbocycles. The molecular formula is C15H21NO2. The summed E-state index contributed by atoms with van der Waals surface area (Å²) in [6.07, 6.45) is 4.02. The number of rotatable bonds is 4. The molecule has 0 radical (unpaired) electrons. The largest absolute Gasteiger partial charge is 0.390 e. The molecule has 3 nitrogen and oxygen atoms in total. The zero-order chi connectivity index (χ0) is 12.4. The molecule has 18 heavy (non-hydrogen) atoms. The lowest BCUT2D eigenvalue weighted by molar-refractivity contribution is 0.0277. The molecule has 0 amide bonds. The first kappa shape index (κ1) is 12.2. The molecule has 98 valence electrons. The van der Waals surface area contributed by atoms with Crippen LogP contribution in [0.5, 0.6) is 0 Å². The van der Waals surface area contributed by atoms with Gasteiger partial charge in [-0.25, -0.2) is 0 Å². The van der Waals surface area contributed by atoms with Gasteiger partial charge in [-0.2, -0.15) is 0 Å². The highest BCUT2D eigenvalue weighted by Crippen LogP contribution is 2.39. The van der Waals surface area contributed by atoms with Gasteiger partial charge in [0.2, 0.25) is 0 Å². The Labute approximate surface area is 108 Å². The molecule has 1 saturated heterocycles. The lowest BCUT2D eigenvalue weighted by atomic mass is 10.0. The fraction of sp³-hybridized carbons (Fsp3) is 0.600. The fourth-order valence-electron chi connectivity index (χ4n) is 2.45. The van der Waals surface area contributed by atoms with Crippen LogP contribution in [0.1, 0.15) is 36.5 Å². The molecule has 1 aliphatic heterocycles. The first-order chi connectivity index (χ1) is 8.75. The van der Waals surface area contributed by atoms with Crippen LogP contribution in [-0.4, -0.2) is 30.4 Å². The van der Waals surface area contributed by atoms with Crippen molar-refractivity contribution in [2.24, 2.45) is 0 Å². The number of morpholine rings is 1. The Morgan fingerprint density at radius 2 is 2.06 bits per heavy atom. The second kappa shape index (κ2) is 5.00. The fourth-order valence-corrected chi connectivity index (χ4v) is 2.45. The predicted molar refractivity (Wildman–Crippen MR) is 70.5 cm³/mol. The molecule has 2 N–H and O–H groups in total. The van der Waals surface area contributed by atoms with Crippen LogP contribution in [0.15, 0.2) is 24.3 Å². The SMILES string of the molecule is OC1(CCc2ccc(C3CNCCO3)cc2)CC1. The highest BCUT2D eigenvalue weighted by Gasteiger charge is 2.39. The van der Waals surface area contributed by atoms with E-state index < -0.39 is 0 Å². The van der Waals surface area contributed by atoms with Gasteiger partial charge < -0.3 is 15.2 Å². The standard InChI is InChI=1S/C15H21NO2/c17-15(7-8-15)6-5-12-1-3-13(4-2-12)14-11-16-9-10-18-14/h1-4,14,16-17H,5-11H2. The summed E-state index contributed by atoms with van der Waals surface area (Å²) >= 11 is 0. The van der Waals surface area contributed by atoms with E-state index in [1.807, 2.05) is 0 Å². The Morgan fingerprint density at radius 1 is 1.28 bits per heavy atom. The third-order valence-corrected chi connectivity index (χ3v) is 3.99. The number of aliphatic hydroxyl groups is 1. The summed E-state index contributed by atoms with van der Waals surface area (Å²) in [4.78, 5) is 0. The first-order valence-corrected chi connectivity index (χ1v) is 6.89. The van der Waals surface area contributed by atoms with Crippen LogP contribution < -0.4 is 5.32 Å². The Bertz CT molecular complexity index is 391. The molecule has 0 bridgehead atoms. The Hall–Kier alpha value is -0.900. The minimum atomic E-state index is -0.338. The van der Waals surface area contributed by atoms with E-state index in [1.54, 1.807) is 0 Å². The van der Waals surface area contributed by atoms with E-state index in [1.165, 1.54) is 11.1 Å². The molecule has 1 heterocycles. The number of hydrogen-bond acceptors (Lipinski definition) is 3. The second-order valence-electron chi connectivity index (χ2n) is 5.53. The number of aryl methyl sites for hydroxylation is 1. The van der Waals surface area contributed by atoms with Gasteiger partial charge >= 0.3 is 0 Å². The Kier molecular flexibility index (Phi) is 3.37. The van der Waals surface area contributed by atoms with E-state index in [2.05, 4.69) is 29.6 Å². The highest BCUT2D eigenvalue weighted by atomic mass is 16.5. The molecular weight excluding hydrogens is 226 g/mol. The number of ether oxygens (including phenoxy) is 1. The highest BCUT2D eigenvalue weighted by molar-refractivity contribution is 5.25. The van der Waals surface area contributed by atoms with Crippen molar-refractivity contribution in [1.82, 2.24) is 5.32 Å². The van der Waals surface area contributed by atoms with Crippen LogP contribution >= 0.6 is 0 Å². The molecule has 1 aromatic rings. The van der Waals surface area contributed by atoms with E-state index in [0.29, 0.717) is 0 Å². The summed E-state index contributed by atoms with van der Waals surface area (Å²) < 4.78 is 5.73. The molecule has 3 rings (SSSR count). The van der Waals surface area contributed by atoms with Crippen LogP contribution in [0, 0.1) is 0 Å². The normalized spacial score (nSPS) is 25.9. The minimum absolute atomic E-state index is 0.195.